The lowest BCUT2D eigenvalue weighted by Crippen LogP contribution is -2.29. The van der Waals surface area contributed by atoms with Crippen LogP contribution in [0.3, 0.4) is 0 Å². The van der Waals surface area contributed by atoms with Crippen molar-refractivity contribution >= 4 is 11.8 Å². The zero-order chi connectivity index (χ0) is 5.61. The van der Waals surface area contributed by atoms with Gasteiger partial charge in [-0.25, -0.2) is 0 Å². The van der Waals surface area contributed by atoms with Crippen molar-refractivity contribution in [3.8, 4) is 0 Å². The molecule has 2 rings (SSSR count). The Hall–Kier alpha value is 0.310. The van der Waals surface area contributed by atoms with Crippen LogP contribution in [0.25, 0.3) is 0 Å². The maximum absolute atomic E-state index is 5.85. The Morgan fingerprint density at radius 3 is 2.50 bits per heavy atom. The third-order valence-electron chi connectivity index (χ3n) is 2.37. The molecule has 0 aromatic heterocycles. The monoisotopic (exact) mass is 129 g/mol. The molecule has 2 fully saturated rings. The Morgan fingerprint density at radius 1 is 1.50 bits per heavy atom. The zero-order valence-electron chi connectivity index (χ0n) is 4.89. The number of nitrogens with two attached hydrogens (primary N) is 1. The van der Waals surface area contributed by atoms with Crippen molar-refractivity contribution in [3.05, 3.63) is 0 Å². The average Bonchev–Trinajstić information content (AvgIpc) is 2.39. The van der Waals surface area contributed by atoms with Crippen LogP contribution in [0.5, 0.6) is 0 Å². The molecule has 1 heterocycles. The highest BCUT2D eigenvalue weighted by atomic mass is 32.2. The minimum absolute atomic E-state index is 0.535. The van der Waals surface area contributed by atoms with Gasteiger partial charge < -0.3 is 5.73 Å². The molecule has 46 valence electrons. The first kappa shape index (κ1) is 5.12. The van der Waals surface area contributed by atoms with E-state index >= 15 is 0 Å². The zero-order valence-corrected chi connectivity index (χ0v) is 5.71. The third kappa shape index (κ3) is 0.531. The summed E-state index contributed by atoms with van der Waals surface area (Å²) in [5, 5.41) is 0. The SMILES string of the molecule is N[C@@H]1CSCC12CC2. The maximum Gasteiger partial charge on any atom is 0.0195 e. The van der Waals surface area contributed by atoms with E-state index in [0.717, 1.165) is 0 Å². The molecule has 0 unspecified atom stereocenters. The molecular formula is C6H11NS. The first-order valence-electron chi connectivity index (χ1n) is 3.17. The predicted molar refractivity (Wildman–Crippen MR) is 37.0 cm³/mol. The average molecular weight is 129 g/mol. The van der Waals surface area contributed by atoms with Crippen molar-refractivity contribution in [2.45, 2.75) is 18.9 Å². The summed E-state index contributed by atoms with van der Waals surface area (Å²) in [6, 6.07) is 0.535. The van der Waals surface area contributed by atoms with Crippen molar-refractivity contribution in [1.82, 2.24) is 0 Å². The van der Waals surface area contributed by atoms with Crippen molar-refractivity contribution in [2.75, 3.05) is 11.5 Å². The molecule has 8 heavy (non-hydrogen) atoms. The van der Waals surface area contributed by atoms with Crippen LogP contribution in [-0.4, -0.2) is 17.5 Å². The Morgan fingerprint density at radius 2 is 2.25 bits per heavy atom. The molecule has 0 radical (unpaired) electrons. The minimum Gasteiger partial charge on any atom is -0.326 e. The highest BCUT2D eigenvalue weighted by Crippen LogP contribution is 2.54. The van der Waals surface area contributed by atoms with E-state index in [0.29, 0.717) is 11.5 Å². The summed E-state index contributed by atoms with van der Waals surface area (Å²) < 4.78 is 0. The van der Waals surface area contributed by atoms with Crippen molar-refractivity contribution in [3.63, 3.8) is 0 Å². The molecule has 1 aliphatic carbocycles. The van der Waals surface area contributed by atoms with Gasteiger partial charge in [0, 0.05) is 17.5 Å². The standard InChI is InChI=1S/C6H11NS/c7-5-3-8-4-6(5)1-2-6/h5H,1-4,7H2/t5-/m1/s1. The Balaban J connectivity index is 2.12. The fourth-order valence-corrected chi connectivity index (χ4v) is 2.98. The van der Waals surface area contributed by atoms with E-state index < -0.39 is 0 Å². The molecule has 1 spiro atoms. The summed E-state index contributed by atoms with van der Waals surface area (Å²) in [5.74, 6) is 2.55. The van der Waals surface area contributed by atoms with Crippen molar-refractivity contribution < 1.29 is 0 Å². The topological polar surface area (TPSA) is 26.0 Å². The first-order chi connectivity index (χ1) is 3.83. The molecular weight excluding hydrogens is 118 g/mol. The lowest BCUT2D eigenvalue weighted by Gasteiger charge is -2.09. The summed E-state index contributed by atoms with van der Waals surface area (Å²) in [6.07, 6.45) is 2.81. The van der Waals surface area contributed by atoms with Gasteiger partial charge in [0.1, 0.15) is 0 Å². The van der Waals surface area contributed by atoms with Crippen LogP contribution >= 0.6 is 11.8 Å². The van der Waals surface area contributed by atoms with E-state index in [-0.39, 0.29) is 0 Å². The van der Waals surface area contributed by atoms with Gasteiger partial charge in [0.05, 0.1) is 0 Å². The number of thioether (sulfide) groups is 1. The molecule has 0 aromatic carbocycles. The molecule has 2 N–H and O–H groups in total. The second kappa shape index (κ2) is 1.42. The van der Waals surface area contributed by atoms with Gasteiger partial charge in [-0.1, -0.05) is 0 Å². The van der Waals surface area contributed by atoms with E-state index in [1.807, 2.05) is 11.8 Å². The van der Waals surface area contributed by atoms with Crippen LogP contribution in [0.15, 0.2) is 0 Å². The number of hydrogen-bond acceptors (Lipinski definition) is 2. The van der Waals surface area contributed by atoms with Crippen LogP contribution < -0.4 is 5.73 Å². The molecule has 2 heteroatoms. The van der Waals surface area contributed by atoms with Crippen LogP contribution in [0.4, 0.5) is 0 Å². The van der Waals surface area contributed by atoms with Crippen molar-refractivity contribution in [2.24, 2.45) is 11.1 Å². The van der Waals surface area contributed by atoms with Gasteiger partial charge in [0.25, 0.3) is 0 Å². The summed E-state index contributed by atoms with van der Waals surface area (Å²) in [4.78, 5) is 0. The molecule has 1 aliphatic heterocycles. The molecule has 1 nitrogen and oxygen atoms in total. The molecule has 0 amide bonds. The van der Waals surface area contributed by atoms with Crippen LogP contribution in [-0.2, 0) is 0 Å². The molecule has 1 atom stereocenters. The van der Waals surface area contributed by atoms with E-state index in [1.165, 1.54) is 24.3 Å². The Bertz CT molecular complexity index is 109. The van der Waals surface area contributed by atoms with Crippen LogP contribution in [0.2, 0.25) is 0 Å². The summed E-state index contributed by atoms with van der Waals surface area (Å²) in [5.41, 5.74) is 6.50. The molecule has 0 aromatic rings. The lowest BCUT2D eigenvalue weighted by atomic mass is 10.0. The summed E-state index contributed by atoms with van der Waals surface area (Å²) in [6.45, 7) is 0. The van der Waals surface area contributed by atoms with Gasteiger partial charge in [0.2, 0.25) is 0 Å². The second-order valence-corrected chi connectivity index (χ2v) is 4.01. The Labute approximate surface area is 54.0 Å². The summed E-state index contributed by atoms with van der Waals surface area (Å²) >= 11 is 2.03. The third-order valence-corrected chi connectivity index (χ3v) is 3.74. The molecule has 2 aliphatic rings. The normalized spacial score (nSPS) is 40.9. The van der Waals surface area contributed by atoms with Gasteiger partial charge in [-0.15, -0.1) is 0 Å². The molecule has 0 bridgehead atoms. The predicted octanol–water partition coefficient (Wildman–Crippen LogP) is 0.841. The fourth-order valence-electron chi connectivity index (χ4n) is 1.35. The van der Waals surface area contributed by atoms with Gasteiger partial charge in [-0.3, -0.25) is 0 Å². The second-order valence-electron chi connectivity index (χ2n) is 2.98. The first-order valence-corrected chi connectivity index (χ1v) is 4.32. The van der Waals surface area contributed by atoms with Gasteiger partial charge >= 0.3 is 0 Å². The van der Waals surface area contributed by atoms with Crippen molar-refractivity contribution in [1.29, 1.82) is 0 Å². The lowest BCUT2D eigenvalue weighted by molar-refractivity contribution is 0.502. The van der Waals surface area contributed by atoms with Crippen LogP contribution in [0.1, 0.15) is 12.8 Å². The highest BCUT2D eigenvalue weighted by molar-refractivity contribution is 7.99. The Kier molecular flexibility index (Phi) is 0.910. The van der Waals surface area contributed by atoms with Gasteiger partial charge in [-0.05, 0) is 18.3 Å². The molecule has 1 saturated heterocycles. The van der Waals surface area contributed by atoms with Gasteiger partial charge in [-0.2, -0.15) is 11.8 Å². The van der Waals surface area contributed by atoms with E-state index in [2.05, 4.69) is 0 Å². The highest BCUT2D eigenvalue weighted by Gasteiger charge is 2.50. The van der Waals surface area contributed by atoms with E-state index in [4.69, 9.17) is 5.73 Å². The number of hydrogen-bond donors (Lipinski definition) is 1. The molecule has 1 saturated carbocycles. The maximum atomic E-state index is 5.85. The fraction of sp³-hybridized carbons (Fsp3) is 1.00. The number of rotatable bonds is 0. The largest absolute Gasteiger partial charge is 0.326 e. The smallest absolute Gasteiger partial charge is 0.0195 e. The van der Waals surface area contributed by atoms with Crippen LogP contribution in [0, 0.1) is 5.41 Å². The van der Waals surface area contributed by atoms with Gasteiger partial charge in [0.15, 0.2) is 0 Å². The summed E-state index contributed by atoms with van der Waals surface area (Å²) in [7, 11) is 0. The quantitative estimate of drug-likeness (QED) is 0.524. The van der Waals surface area contributed by atoms with E-state index in [9.17, 15) is 0 Å². The minimum atomic E-state index is 0.535. The van der Waals surface area contributed by atoms with E-state index in [1.54, 1.807) is 0 Å².